The van der Waals surface area contributed by atoms with Crippen LogP contribution in [0.4, 0.5) is 0 Å². The number of allylic oxidation sites excluding steroid dienone is 2. The minimum Gasteiger partial charge on any atom is -0.319 e. The average Bonchev–Trinajstić information content (AvgIpc) is 1.86. The highest BCUT2D eigenvalue weighted by molar-refractivity contribution is 7.67. The second-order valence-electron chi connectivity index (χ2n) is 2.46. The summed E-state index contributed by atoms with van der Waals surface area (Å²) in [4.78, 5) is 0. The average molecular weight is 130 g/mol. The SMILES string of the molecule is CC1=CCCP1(C)=O. The van der Waals surface area contributed by atoms with Gasteiger partial charge in [0.1, 0.15) is 7.14 Å². The van der Waals surface area contributed by atoms with Crippen molar-refractivity contribution in [3.8, 4) is 0 Å². The summed E-state index contributed by atoms with van der Waals surface area (Å²) in [5.41, 5.74) is 0. The van der Waals surface area contributed by atoms with Gasteiger partial charge < -0.3 is 4.57 Å². The summed E-state index contributed by atoms with van der Waals surface area (Å²) < 4.78 is 11.3. The van der Waals surface area contributed by atoms with Crippen molar-refractivity contribution in [1.82, 2.24) is 0 Å². The molecule has 0 aliphatic carbocycles. The van der Waals surface area contributed by atoms with Gasteiger partial charge in [0.2, 0.25) is 0 Å². The Hall–Kier alpha value is -0.0300. The van der Waals surface area contributed by atoms with Crippen molar-refractivity contribution >= 4 is 7.14 Å². The fourth-order valence-electron chi connectivity index (χ4n) is 0.889. The Morgan fingerprint density at radius 2 is 2.38 bits per heavy atom. The molecule has 0 aromatic rings. The number of hydrogen-bond donors (Lipinski definition) is 0. The summed E-state index contributed by atoms with van der Waals surface area (Å²) in [6, 6.07) is 0. The van der Waals surface area contributed by atoms with Gasteiger partial charge in [0.25, 0.3) is 0 Å². The lowest BCUT2D eigenvalue weighted by atomic mass is 10.4. The smallest absolute Gasteiger partial charge is 0.108 e. The molecule has 0 radical (unpaired) electrons. The van der Waals surface area contributed by atoms with Crippen LogP contribution in [0.3, 0.4) is 0 Å². The first kappa shape index (κ1) is 6.10. The van der Waals surface area contributed by atoms with E-state index in [0.717, 1.165) is 17.9 Å². The molecular weight excluding hydrogens is 119 g/mol. The Balaban J connectivity index is 2.90. The van der Waals surface area contributed by atoms with Crippen LogP contribution in [0, 0.1) is 0 Å². The van der Waals surface area contributed by atoms with Gasteiger partial charge in [-0.3, -0.25) is 0 Å². The van der Waals surface area contributed by atoms with Gasteiger partial charge in [0, 0.05) is 6.16 Å². The first-order valence-corrected chi connectivity index (χ1v) is 5.21. The molecule has 1 heterocycles. The van der Waals surface area contributed by atoms with E-state index in [9.17, 15) is 4.57 Å². The van der Waals surface area contributed by atoms with Crippen molar-refractivity contribution in [2.75, 3.05) is 12.8 Å². The molecule has 1 nitrogen and oxygen atoms in total. The Morgan fingerprint density at radius 3 is 2.50 bits per heavy atom. The highest BCUT2D eigenvalue weighted by Crippen LogP contribution is 2.54. The van der Waals surface area contributed by atoms with Crippen molar-refractivity contribution in [3.05, 3.63) is 11.4 Å². The minimum absolute atomic E-state index is 0.902. The molecule has 1 atom stereocenters. The van der Waals surface area contributed by atoms with Gasteiger partial charge in [-0.15, -0.1) is 0 Å². The van der Waals surface area contributed by atoms with E-state index in [0.29, 0.717) is 0 Å². The Morgan fingerprint density at radius 1 is 1.75 bits per heavy atom. The van der Waals surface area contributed by atoms with Crippen LogP contribution in [0.2, 0.25) is 0 Å². The lowest BCUT2D eigenvalue weighted by Gasteiger charge is -2.02. The minimum atomic E-state index is -1.77. The molecule has 46 valence electrons. The van der Waals surface area contributed by atoms with Gasteiger partial charge in [-0.2, -0.15) is 0 Å². The number of rotatable bonds is 0. The fraction of sp³-hybridized carbons (Fsp3) is 0.667. The van der Waals surface area contributed by atoms with Gasteiger partial charge in [0.05, 0.1) is 0 Å². The zero-order valence-electron chi connectivity index (χ0n) is 5.35. The van der Waals surface area contributed by atoms with E-state index in [4.69, 9.17) is 0 Å². The molecule has 2 heteroatoms. The highest BCUT2D eigenvalue weighted by Gasteiger charge is 2.20. The predicted molar refractivity (Wildman–Crippen MR) is 36.8 cm³/mol. The predicted octanol–water partition coefficient (Wildman–Crippen LogP) is 2.29. The van der Waals surface area contributed by atoms with Gasteiger partial charge in [-0.1, -0.05) is 6.08 Å². The normalized spacial score (nSPS) is 37.5. The third kappa shape index (κ3) is 0.877. The van der Waals surface area contributed by atoms with Crippen molar-refractivity contribution in [3.63, 3.8) is 0 Å². The standard InChI is InChI=1S/C6H11OP/c1-6-4-3-5-8(6,2)7/h4H,3,5H2,1-2H3. The van der Waals surface area contributed by atoms with E-state index in [1.807, 2.05) is 13.6 Å². The first-order valence-electron chi connectivity index (χ1n) is 2.87. The van der Waals surface area contributed by atoms with Crippen molar-refractivity contribution in [1.29, 1.82) is 0 Å². The molecule has 1 rings (SSSR count). The Labute approximate surface area is 50.2 Å². The van der Waals surface area contributed by atoms with Crippen molar-refractivity contribution in [2.24, 2.45) is 0 Å². The van der Waals surface area contributed by atoms with Crippen molar-refractivity contribution < 1.29 is 4.57 Å². The summed E-state index contributed by atoms with van der Waals surface area (Å²) in [5, 5.41) is 1.12. The largest absolute Gasteiger partial charge is 0.319 e. The molecule has 1 unspecified atom stereocenters. The van der Waals surface area contributed by atoms with Gasteiger partial charge in [-0.05, 0) is 25.3 Å². The summed E-state index contributed by atoms with van der Waals surface area (Å²) in [7, 11) is -1.77. The van der Waals surface area contributed by atoms with Gasteiger partial charge in [0.15, 0.2) is 0 Å². The maximum absolute atomic E-state index is 11.3. The molecule has 1 aliphatic heterocycles. The lowest BCUT2D eigenvalue weighted by Crippen LogP contribution is -1.76. The zero-order valence-corrected chi connectivity index (χ0v) is 6.24. The molecule has 0 spiro atoms. The monoisotopic (exact) mass is 130 g/mol. The summed E-state index contributed by atoms with van der Waals surface area (Å²) in [6.07, 6.45) is 4.01. The zero-order chi connectivity index (χ0) is 6.20. The van der Waals surface area contributed by atoms with Crippen LogP contribution < -0.4 is 0 Å². The number of hydrogen-bond acceptors (Lipinski definition) is 1. The van der Waals surface area contributed by atoms with E-state index in [2.05, 4.69) is 6.08 Å². The summed E-state index contributed by atoms with van der Waals surface area (Å²) >= 11 is 0. The third-order valence-corrected chi connectivity index (χ3v) is 4.53. The second kappa shape index (κ2) is 1.73. The van der Waals surface area contributed by atoms with Crippen LogP contribution in [0.25, 0.3) is 0 Å². The molecule has 0 fully saturated rings. The Kier molecular flexibility index (Phi) is 1.32. The maximum Gasteiger partial charge on any atom is 0.108 e. The first-order chi connectivity index (χ1) is 3.63. The molecule has 0 amide bonds. The van der Waals surface area contributed by atoms with Crippen LogP contribution in [0.1, 0.15) is 13.3 Å². The van der Waals surface area contributed by atoms with Crippen molar-refractivity contribution in [2.45, 2.75) is 13.3 Å². The molecular formula is C6H11OP. The van der Waals surface area contributed by atoms with E-state index in [1.165, 1.54) is 0 Å². The highest BCUT2D eigenvalue weighted by atomic mass is 31.2. The molecule has 0 aromatic carbocycles. The quantitative estimate of drug-likeness (QED) is 0.460. The molecule has 0 saturated carbocycles. The van der Waals surface area contributed by atoms with Gasteiger partial charge >= 0.3 is 0 Å². The van der Waals surface area contributed by atoms with Crippen LogP contribution in [-0.2, 0) is 4.57 Å². The lowest BCUT2D eigenvalue weighted by molar-refractivity contribution is 0.584. The molecule has 1 aliphatic rings. The van der Waals surface area contributed by atoms with Crippen LogP contribution in [-0.4, -0.2) is 12.8 Å². The van der Waals surface area contributed by atoms with Crippen LogP contribution >= 0.6 is 7.14 Å². The van der Waals surface area contributed by atoms with E-state index < -0.39 is 7.14 Å². The van der Waals surface area contributed by atoms with E-state index in [1.54, 1.807) is 0 Å². The van der Waals surface area contributed by atoms with E-state index >= 15 is 0 Å². The van der Waals surface area contributed by atoms with E-state index in [-0.39, 0.29) is 0 Å². The third-order valence-electron chi connectivity index (χ3n) is 1.74. The molecule has 8 heavy (non-hydrogen) atoms. The van der Waals surface area contributed by atoms with Crippen LogP contribution in [0.5, 0.6) is 0 Å². The maximum atomic E-state index is 11.3. The molecule has 0 N–H and O–H groups in total. The molecule has 0 bridgehead atoms. The summed E-state index contributed by atoms with van der Waals surface area (Å²) in [5.74, 6) is 0. The molecule has 0 aromatic heterocycles. The fourth-order valence-corrected chi connectivity index (χ4v) is 2.38. The Bertz CT molecular complexity index is 169. The summed E-state index contributed by atoms with van der Waals surface area (Å²) in [6.45, 7) is 3.83. The second-order valence-corrected chi connectivity index (χ2v) is 5.81. The molecule has 0 saturated heterocycles. The topological polar surface area (TPSA) is 17.1 Å². The van der Waals surface area contributed by atoms with Gasteiger partial charge in [-0.25, -0.2) is 0 Å². The van der Waals surface area contributed by atoms with Crippen LogP contribution in [0.15, 0.2) is 11.4 Å².